The van der Waals surface area contributed by atoms with Crippen molar-refractivity contribution in [2.24, 2.45) is 0 Å². The van der Waals surface area contributed by atoms with Crippen molar-refractivity contribution < 1.29 is 23.1 Å². The van der Waals surface area contributed by atoms with Crippen LogP contribution in [-0.4, -0.2) is 11.9 Å². The van der Waals surface area contributed by atoms with Crippen LogP contribution in [0.25, 0.3) is 11.1 Å². The van der Waals surface area contributed by atoms with Crippen LogP contribution in [0, 0.1) is 24.0 Å². The Balaban J connectivity index is 2.47. The van der Waals surface area contributed by atoms with Crippen LogP contribution < -0.4 is 0 Å². The van der Waals surface area contributed by atoms with Crippen molar-refractivity contribution in [2.75, 3.05) is 0 Å². The lowest BCUT2D eigenvalue weighted by Crippen LogP contribution is -2.06. The molecule has 0 bridgehead atoms. The molecular weight excluding hydrogens is 278 g/mol. The molecule has 2 aromatic carbocycles. The largest absolute Gasteiger partial charge is 0.386 e. The van der Waals surface area contributed by atoms with Crippen molar-refractivity contribution in [3.8, 4) is 23.5 Å². The SMILES string of the molecule is C#Cc1c2c(c(F)c(F)c1-c1ccccc1)C(=O)OC2=O. The number of ether oxygens (including phenoxy) is 1. The Labute approximate surface area is 118 Å². The Morgan fingerprint density at radius 2 is 1.48 bits per heavy atom. The molecule has 0 saturated heterocycles. The van der Waals surface area contributed by atoms with E-state index in [2.05, 4.69) is 10.7 Å². The minimum Gasteiger partial charge on any atom is -0.386 e. The second-order valence-corrected chi connectivity index (χ2v) is 4.32. The Kier molecular flexibility index (Phi) is 2.80. The third-order valence-corrected chi connectivity index (χ3v) is 3.18. The van der Waals surface area contributed by atoms with E-state index in [1.807, 2.05) is 0 Å². The number of terminal acetylenes is 1. The van der Waals surface area contributed by atoms with Gasteiger partial charge in [0, 0.05) is 5.56 Å². The van der Waals surface area contributed by atoms with Crippen LogP contribution in [0.15, 0.2) is 30.3 Å². The Bertz CT molecular complexity index is 833. The zero-order valence-corrected chi connectivity index (χ0v) is 10.4. The maximum Gasteiger partial charge on any atom is 0.350 e. The molecule has 2 aromatic rings. The van der Waals surface area contributed by atoms with Gasteiger partial charge in [-0.15, -0.1) is 6.42 Å². The van der Waals surface area contributed by atoms with E-state index in [1.165, 1.54) is 12.1 Å². The fraction of sp³-hybridized carbons (Fsp3) is 0. The van der Waals surface area contributed by atoms with E-state index in [1.54, 1.807) is 18.2 Å². The van der Waals surface area contributed by atoms with Crippen LogP contribution in [0.2, 0.25) is 0 Å². The highest BCUT2D eigenvalue weighted by Crippen LogP contribution is 2.36. The van der Waals surface area contributed by atoms with E-state index in [4.69, 9.17) is 6.42 Å². The van der Waals surface area contributed by atoms with Gasteiger partial charge in [0.25, 0.3) is 0 Å². The first-order chi connectivity index (χ1) is 10.1. The summed E-state index contributed by atoms with van der Waals surface area (Å²) in [6.45, 7) is 0. The Morgan fingerprint density at radius 3 is 2.10 bits per heavy atom. The summed E-state index contributed by atoms with van der Waals surface area (Å²) < 4.78 is 32.7. The second kappa shape index (κ2) is 4.53. The number of rotatable bonds is 1. The third-order valence-electron chi connectivity index (χ3n) is 3.18. The van der Waals surface area contributed by atoms with Crippen molar-refractivity contribution >= 4 is 11.9 Å². The summed E-state index contributed by atoms with van der Waals surface area (Å²) in [6.07, 6.45) is 5.33. The van der Waals surface area contributed by atoms with Crippen molar-refractivity contribution in [3.05, 3.63) is 58.7 Å². The fourth-order valence-electron chi connectivity index (χ4n) is 2.29. The molecule has 0 unspecified atom stereocenters. The molecule has 0 radical (unpaired) electrons. The van der Waals surface area contributed by atoms with Crippen LogP contribution in [0.3, 0.4) is 0 Å². The summed E-state index contributed by atoms with van der Waals surface area (Å²) in [5, 5.41) is 0. The molecule has 1 aliphatic rings. The van der Waals surface area contributed by atoms with Gasteiger partial charge in [-0.1, -0.05) is 36.3 Å². The first-order valence-corrected chi connectivity index (χ1v) is 5.89. The van der Waals surface area contributed by atoms with Gasteiger partial charge in [-0.3, -0.25) is 0 Å². The van der Waals surface area contributed by atoms with Crippen molar-refractivity contribution in [2.45, 2.75) is 0 Å². The molecule has 3 nitrogen and oxygen atoms in total. The number of cyclic esters (lactones) is 2. The molecule has 0 saturated carbocycles. The van der Waals surface area contributed by atoms with E-state index < -0.39 is 34.7 Å². The Hall–Kier alpha value is -3.00. The summed E-state index contributed by atoms with van der Waals surface area (Å²) in [5.74, 6) is -2.86. The number of hydrogen-bond acceptors (Lipinski definition) is 3. The molecule has 0 fully saturated rings. The highest BCUT2D eigenvalue weighted by atomic mass is 19.2. The number of hydrogen-bond donors (Lipinski definition) is 0. The van der Waals surface area contributed by atoms with Crippen molar-refractivity contribution in [3.63, 3.8) is 0 Å². The number of benzene rings is 2. The molecule has 1 aliphatic heterocycles. The van der Waals surface area contributed by atoms with Gasteiger partial charge in [-0.2, -0.15) is 0 Å². The van der Waals surface area contributed by atoms with Crippen LogP contribution in [0.1, 0.15) is 26.3 Å². The standard InChI is InChI=1S/C16H6F2O3/c1-2-9-10(8-6-4-3-5-7-8)13(17)14(18)12-11(9)15(19)21-16(12)20/h1,3-7H. The molecule has 5 heteroatoms. The number of fused-ring (bicyclic) bond motifs is 1. The van der Waals surface area contributed by atoms with Gasteiger partial charge >= 0.3 is 11.9 Å². The van der Waals surface area contributed by atoms with Crippen molar-refractivity contribution in [1.82, 2.24) is 0 Å². The van der Waals surface area contributed by atoms with E-state index >= 15 is 0 Å². The number of carbonyl (C=O) groups is 2. The van der Waals surface area contributed by atoms with Crippen LogP contribution in [0.4, 0.5) is 8.78 Å². The maximum atomic E-state index is 14.3. The molecule has 102 valence electrons. The molecule has 1 heterocycles. The quantitative estimate of drug-likeness (QED) is 0.459. The third kappa shape index (κ3) is 1.73. The zero-order chi connectivity index (χ0) is 15.1. The summed E-state index contributed by atoms with van der Waals surface area (Å²) in [4.78, 5) is 23.1. The molecule has 0 N–H and O–H groups in total. The highest BCUT2D eigenvalue weighted by molar-refractivity contribution is 6.17. The fourth-order valence-corrected chi connectivity index (χ4v) is 2.29. The van der Waals surface area contributed by atoms with Crippen LogP contribution in [-0.2, 0) is 4.74 Å². The summed E-state index contributed by atoms with van der Waals surface area (Å²) in [6, 6.07) is 7.96. The lowest BCUT2D eigenvalue weighted by Gasteiger charge is -2.10. The monoisotopic (exact) mass is 284 g/mol. The zero-order valence-electron chi connectivity index (χ0n) is 10.4. The molecule has 0 atom stereocenters. The number of esters is 2. The van der Waals surface area contributed by atoms with Gasteiger partial charge in [0.1, 0.15) is 5.56 Å². The summed E-state index contributed by atoms with van der Waals surface area (Å²) in [5.41, 5.74) is -1.27. The normalized spacial score (nSPS) is 12.8. The van der Waals surface area contributed by atoms with E-state index in [0.29, 0.717) is 5.56 Å². The average Bonchev–Trinajstić information content (AvgIpc) is 2.78. The van der Waals surface area contributed by atoms with E-state index in [0.717, 1.165) is 0 Å². The molecule has 3 rings (SSSR count). The predicted molar refractivity (Wildman–Crippen MR) is 69.5 cm³/mol. The number of halogens is 2. The van der Waals surface area contributed by atoms with Gasteiger partial charge in [-0.05, 0) is 5.56 Å². The van der Waals surface area contributed by atoms with E-state index in [-0.39, 0.29) is 11.1 Å². The first-order valence-electron chi connectivity index (χ1n) is 5.89. The molecule has 0 aliphatic carbocycles. The van der Waals surface area contributed by atoms with Gasteiger partial charge in [0.2, 0.25) is 0 Å². The molecule has 21 heavy (non-hydrogen) atoms. The Morgan fingerprint density at radius 1 is 0.905 bits per heavy atom. The maximum absolute atomic E-state index is 14.3. The van der Waals surface area contributed by atoms with Crippen LogP contribution in [0.5, 0.6) is 0 Å². The predicted octanol–water partition coefficient (Wildman–Crippen LogP) is 2.92. The lowest BCUT2D eigenvalue weighted by molar-refractivity contribution is 0.0442. The second-order valence-electron chi connectivity index (χ2n) is 4.32. The van der Waals surface area contributed by atoms with Gasteiger partial charge in [0.15, 0.2) is 11.6 Å². The van der Waals surface area contributed by atoms with Crippen molar-refractivity contribution in [1.29, 1.82) is 0 Å². The lowest BCUT2D eigenvalue weighted by atomic mass is 9.92. The summed E-state index contributed by atoms with van der Waals surface area (Å²) in [7, 11) is 0. The molecule has 0 spiro atoms. The average molecular weight is 284 g/mol. The van der Waals surface area contributed by atoms with Crippen LogP contribution >= 0.6 is 0 Å². The van der Waals surface area contributed by atoms with Gasteiger partial charge in [0.05, 0.1) is 11.1 Å². The first kappa shape index (κ1) is 13.0. The van der Waals surface area contributed by atoms with Gasteiger partial charge in [-0.25, -0.2) is 18.4 Å². The molecular formula is C16H6F2O3. The van der Waals surface area contributed by atoms with Gasteiger partial charge < -0.3 is 4.74 Å². The topological polar surface area (TPSA) is 43.4 Å². The summed E-state index contributed by atoms with van der Waals surface area (Å²) >= 11 is 0. The van der Waals surface area contributed by atoms with E-state index in [9.17, 15) is 18.4 Å². The highest BCUT2D eigenvalue weighted by Gasteiger charge is 2.39. The minimum atomic E-state index is -1.43. The smallest absolute Gasteiger partial charge is 0.350 e. The minimum absolute atomic E-state index is 0.189. The number of carbonyl (C=O) groups excluding carboxylic acids is 2. The molecule has 0 amide bonds. The molecule has 0 aromatic heterocycles.